The molecule has 0 aliphatic heterocycles. The standard InChI is InChI=1S/C11H15BrN2O/c12-10-2-1-5-13-11(10)14-6-7-15-8-9-3-4-9/h1-2,5,9H,3-4,6-8H2,(H,13,14). The van der Waals surface area contributed by atoms with Gasteiger partial charge in [0.05, 0.1) is 11.1 Å². The van der Waals surface area contributed by atoms with Crippen LogP contribution in [-0.2, 0) is 4.74 Å². The van der Waals surface area contributed by atoms with Crippen molar-refractivity contribution >= 4 is 21.7 Å². The number of aromatic nitrogens is 1. The maximum Gasteiger partial charge on any atom is 0.140 e. The molecule has 1 aliphatic carbocycles. The van der Waals surface area contributed by atoms with E-state index in [1.165, 1.54) is 12.8 Å². The number of hydrogen-bond donors (Lipinski definition) is 1. The molecule has 3 nitrogen and oxygen atoms in total. The van der Waals surface area contributed by atoms with Crippen molar-refractivity contribution in [1.82, 2.24) is 4.98 Å². The molecule has 1 heterocycles. The molecule has 1 aliphatic rings. The summed E-state index contributed by atoms with van der Waals surface area (Å²) in [5.41, 5.74) is 0. The number of hydrogen-bond acceptors (Lipinski definition) is 3. The van der Waals surface area contributed by atoms with Gasteiger partial charge in [-0.2, -0.15) is 0 Å². The SMILES string of the molecule is Brc1cccnc1NCCOCC1CC1. The molecular formula is C11H15BrN2O. The molecular weight excluding hydrogens is 256 g/mol. The Kier molecular flexibility index (Phi) is 3.97. The fraction of sp³-hybridized carbons (Fsp3) is 0.545. The van der Waals surface area contributed by atoms with E-state index < -0.39 is 0 Å². The first-order valence-corrected chi connectivity index (χ1v) is 6.07. The first kappa shape index (κ1) is 10.9. The highest BCUT2D eigenvalue weighted by Gasteiger charge is 2.20. The van der Waals surface area contributed by atoms with Gasteiger partial charge in [-0.25, -0.2) is 4.98 Å². The van der Waals surface area contributed by atoms with Gasteiger partial charge in [-0.15, -0.1) is 0 Å². The maximum atomic E-state index is 5.51. The van der Waals surface area contributed by atoms with Crippen LogP contribution in [-0.4, -0.2) is 24.7 Å². The van der Waals surface area contributed by atoms with Gasteiger partial charge in [0.15, 0.2) is 0 Å². The van der Waals surface area contributed by atoms with Crippen LogP contribution in [0.1, 0.15) is 12.8 Å². The van der Waals surface area contributed by atoms with Gasteiger partial charge >= 0.3 is 0 Å². The van der Waals surface area contributed by atoms with E-state index in [4.69, 9.17) is 4.74 Å². The van der Waals surface area contributed by atoms with Gasteiger partial charge in [-0.05, 0) is 46.8 Å². The van der Waals surface area contributed by atoms with E-state index >= 15 is 0 Å². The van der Waals surface area contributed by atoms with Crippen LogP contribution in [0.2, 0.25) is 0 Å². The molecule has 0 aromatic carbocycles. The minimum Gasteiger partial charge on any atom is -0.379 e. The minimum atomic E-state index is 0.750. The van der Waals surface area contributed by atoms with Gasteiger partial charge in [0.1, 0.15) is 5.82 Å². The quantitative estimate of drug-likeness (QED) is 0.808. The lowest BCUT2D eigenvalue weighted by molar-refractivity contribution is 0.134. The Balaban J connectivity index is 1.62. The summed E-state index contributed by atoms with van der Waals surface area (Å²) in [5.74, 6) is 1.72. The van der Waals surface area contributed by atoms with E-state index in [0.29, 0.717) is 0 Å². The molecule has 0 atom stereocenters. The van der Waals surface area contributed by atoms with Gasteiger partial charge in [-0.1, -0.05) is 0 Å². The zero-order chi connectivity index (χ0) is 10.5. The normalized spacial score (nSPS) is 15.3. The summed E-state index contributed by atoms with van der Waals surface area (Å²) < 4.78 is 6.51. The van der Waals surface area contributed by atoms with Crippen molar-refractivity contribution < 1.29 is 4.74 Å². The van der Waals surface area contributed by atoms with Crippen molar-refractivity contribution in [2.45, 2.75) is 12.8 Å². The summed E-state index contributed by atoms with van der Waals surface area (Å²) in [5, 5.41) is 3.22. The highest BCUT2D eigenvalue weighted by molar-refractivity contribution is 9.10. The Hall–Kier alpha value is -0.610. The second kappa shape index (κ2) is 5.47. The smallest absolute Gasteiger partial charge is 0.140 e. The van der Waals surface area contributed by atoms with Crippen LogP contribution in [0.25, 0.3) is 0 Å². The molecule has 82 valence electrons. The van der Waals surface area contributed by atoms with Crippen LogP contribution in [0.3, 0.4) is 0 Å². The van der Waals surface area contributed by atoms with Crippen LogP contribution in [0.15, 0.2) is 22.8 Å². The molecule has 0 saturated heterocycles. The van der Waals surface area contributed by atoms with Crippen molar-refractivity contribution in [2.24, 2.45) is 5.92 Å². The van der Waals surface area contributed by atoms with Crippen molar-refractivity contribution in [2.75, 3.05) is 25.1 Å². The third kappa shape index (κ3) is 3.80. The zero-order valence-electron chi connectivity index (χ0n) is 8.58. The molecule has 1 N–H and O–H groups in total. The lowest BCUT2D eigenvalue weighted by atomic mass is 10.4. The molecule has 0 unspecified atom stereocenters. The first-order chi connectivity index (χ1) is 7.36. The number of pyridine rings is 1. The molecule has 15 heavy (non-hydrogen) atoms. The van der Waals surface area contributed by atoms with Gasteiger partial charge in [0, 0.05) is 19.3 Å². The highest BCUT2D eigenvalue weighted by Crippen LogP contribution is 2.28. The van der Waals surface area contributed by atoms with E-state index in [1.54, 1.807) is 6.20 Å². The summed E-state index contributed by atoms with van der Waals surface area (Å²) in [6, 6.07) is 3.87. The fourth-order valence-electron chi connectivity index (χ4n) is 1.29. The second-order valence-corrected chi connectivity index (χ2v) is 4.63. The van der Waals surface area contributed by atoms with Crippen LogP contribution in [0.4, 0.5) is 5.82 Å². The number of anilines is 1. The third-order valence-corrected chi connectivity index (χ3v) is 2.99. The number of ether oxygens (including phenoxy) is 1. The fourth-order valence-corrected chi connectivity index (χ4v) is 1.69. The van der Waals surface area contributed by atoms with E-state index in [2.05, 4.69) is 26.2 Å². The molecule has 0 bridgehead atoms. The summed E-state index contributed by atoms with van der Waals surface area (Å²) in [6.45, 7) is 2.48. The zero-order valence-corrected chi connectivity index (χ0v) is 10.2. The number of nitrogens with one attached hydrogen (secondary N) is 1. The maximum absolute atomic E-state index is 5.51. The first-order valence-electron chi connectivity index (χ1n) is 5.28. The van der Waals surface area contributed by atoms with Gasteiger partial charge < -0.3 is 10.1 Å². The van der Waals surface area contributed by atoms with Crippen LogP contribution < -0.4 is 5.32 Å². The Morgan fingerprint density at radius 3 is 3.13 bits per heavy atom. The van der Waals surface area contributed by atoms with E-state index in [1.807, 2.05) is 12.1 Å². The molecule has 1 aromatic heterocycles. The Morgan fingerprint density at radius 2 is 2.40 bits per heavy atom. The van der Waals surface area contributed by atoms with Crippen molar-refractivity contribution in [1.29, 1.82) is 0 Å². The lowest BCUT2D eigenvalue weighted by Gasteiger charge is -2.07. The molecule has 1 aromatic rings. The predicted molar refractivity (Wildman–Crippen MR) is 64.0 cm³/mol. The topological polar surface area (TPSA) is 34.2 Å². The second-order valence-electron chi connectivity index (χ2n) is 3.78. The van der Waals surface area contributed by atoms with Gasteiger partial charge in [0.2, 0.25) is 0 Å². The van der Waals surface area contributed by atoms with Crippen molar-refractivity contribution in [3.8, 4) is 0 Å². The predicted octanol–water partition coefficient (Wildman–Crippen LogP) is 2.68. The average molecular weight is 271 g/mol. The molecule has 0 spiro atoms. The third-order valence-electron chi connectivity index (χ3n) is 2.35. The summed E-state index contributed by atoms with van der Waals surface area (Å²) in [4.78, 5) is 4.21. The van der Waals surface area contributed by atoms with Gasteiger partial charge in [0.25, 0.3) is 0 Å². The summed E-state index contributed by atoms with van der Waals surface area (Å²) in [6.07, 6.45) is 4.47. The highest BCUT2D eigenvalue weighted by atomic mass is 79.9. The molecule has 1 saturated carbocycles. The Bertz CT molecular complexity index is 315. The summed E-state index contributed by atoms with van der Waals surface area (Å²) in [7, 11) is 0. The van der Waals surface area contributed by atoms with Crippen molar-refractivity contribution in [3.63, 3.8) is 0 Å². The van der Waals surface area contributed by atoms with Crippen LogP contribution in [0, 0.1) is 5.92 Å². The number of halogens is 1. The largest absolute Gasteiger partial charge is 0.379 e. The van der Waals surface area contributed by atoms with E-state index in [-0.39, 0.29) is 0 Å². The molecule has 0 radical (unpaired) electrons. The Labute approximate surface area is 98.4 Å². The van der Waals surface area contributed by atoms with E-state index in [9.17, 15) is 0 Å². The summed E-state index contributed by atoms with van der Waals surface area (Å²) >= 11 is 3.43. The molecule has 4 heteroatoms. The molecule has 1 fully saturated rings. The van der Waals surface area contributed by atoms with Crippen LogP contribution >= 0.6 is 15.9 Å². The average Bonchev–Trinajstić information content (AvgIpc) is 3.04. The Morgan fingerprint density at radius 1 is 1.53 bits per heavy atom. The lowest BCUT2D eigenvalue weighted by Crippen LogP contribution is -2.11. The molecule has 0 amide bonds. The van der Waals surface area contributed by atoms with Crippen molar-refractivity contribution in [3.05, 3.63) is 22.8 Å². The van der Waals surface area contributed by atoms with Gasteiger partial charge in [-0.3, -0.25) is 0 Å². The number of nitrogens with zero attached hydrogens (tertiary/aromatic N) is 1. The van der Waals surface area contributed by atoms with Crippen LogP contribution in [0.5, 0.6) is 0 Å². The van der Waals surface area contributed by atoms with E-state index in [0.717, 1.165) is 36.0 Å². The minimum absolute atomic E-state index is 0.750. The number of rotatable bonds is 6. The monoisotopic (exact) mass is 270 g/mol. The molecule has 2 rings (SSSR count).